The van der Waals surface area contributed by atoms with E-state index in [0.29, 0.717) is 48.3 Å². The molecule has 0 bridgehead atoms. The number of halogens is 3. The summed E-state index contributed by atoms with van der Waals surface area (Å²) < 4.78 is 45.3. The molecule has 5 rings (SSSR count). The number of hydrogen-bond donors (Lipinski definition) is 1. The highest BCUT2D eigenvalue weighted by Gasteiger charge is 2.32. The molecule has 1 aliphatic heterocycles. The molecule has 3 heterocycles. The standard InChI is InChI=1S/C31H32F3N5O2.2C2H6/c1-21(2)23-5-3-22(4-6-23)19-41-26-9-7-24(8-10-26)27-28(25-11-13-35-14-12-25)37-39-18-17-38(30(40)29(27)39)16-15-36-20-31(32,33)34;2*1-2/h3-14,21,36H,15-20H2,1-2H3;2*1-2H3. The van der Waals surface area contributed by atoms with Gasteiger partial charge in [0.25, 0.3) is 5.91 Å². The van der Waals surface area contributed by atoms with Gasteiger partial charge in [-0.15, -0.1) is 0 Å². The Morgan fingerprint density at radius 3 is 2.13 bits per heavy atom. The second-order valence-electron chi connectivity index (χ2n) is 10.3. The molecule has 2 aromatic heterocycles. The molecule has 7 nitrogen and oxygen atoms in total. The van der Waals surface area contributed by atoms with Crippen molar-refractivity contribution >= 4 is 5.91 Å². The average Bonchev–Trinajstić information content (AvgIpc) is 3.46. The lowest BCUT2D eigenvalue weighted by atomic mass is 9.98. The van der Waals surface area contributed by atoms with Crippen molar-refractivity contribution in [2.24, 2.45) is 0 Å². The molecule has 0 radical (unpaired) electrons. The van der Waals surface area contributed by atoms with E-state index in [9.17, 15) is 18.0 Å². The lowest BCUT2D eigenvalue weighted by molar-refractivity contribution is -0.124. The van der Waals surface area contributed by atoms with Crippen LogP contribution in [0.3, 0.4) is 0 Å². The SMILES string of the molecule is CC.CC.CC(C)c1ccc(COc2ccc(-c3c(-c4ccncc4)nn4c3C(=O)N(CCNCC(F)(F)F)CC4)cc2)cc1. The Hall–Kier alpha value is -4.18. The van der Waals surface area contributed by atoms with E-state index >= 15 is 0 Å². The van der Waals surface area contributed by atoms with E-state index in [1.807, 2.05) is 64.1 Å². The van der Waals surface area contributed by atoms with Crippen LogP contribution in [-0.4, -0.2) is 57.9 Å². The third-order valence-corrected chi connectivity index (χ3v) is 7.06. The highest BCUT2D eigenvalue weighted by atomic mass is 19.4. The molecule has 0 saturated carbocycles. The number of carbonyl (C=O) groups is 1. The topological polar surface area (TPSA) is 72.3 Å². The van der Waals surface area contributed by atoms with Gasteiger partial charge in [-0.2, -0.15) is 18.3 Å². The molecule has 1 aliphatic rings. The molecule has 0 atom stereocenters. The predicted octanol–water partition coefficient (Wildman–Crippen LogP) is 7.97. The van der Waals surface area contributed by atoms with Crippen LogP contribution in [0.2, 0.25) is 0 Å². The van der Waals surface area contributed by atoms with Gasteiger partial charge in [0.15, 0.2) is 0 Å². The Kier molecular flexibility index (Phi) is 13.2. The predicted molar refractivity (Wildman–Crippen MR) is 173 cm³/mol. The number of amides is 1. The molecule has 0 aliphatic carbocycles. The fourth-order valence-electron chi connectivity index (χ4n) is 4.83. The van der Waals surface area contributed by atoms with Crippen molar-refractivity contribution in [1.29, 1.82) is 0 Å². The summed E-state index contributed by atoms with van der Waals surface area (Å²) in [5.41, 5.74) is 5.68. The van der Waals surface area contributed by atoms with Gasteiger partial charge in [0.1, 0.15) is 23.7 Å². The van der Waals surface area contributed by atoms with Crippen LogP contribution in [0.25, 0.3) is 22.4 Å². The fourth-order valence-corrected chi connectivity index (χ4v) is 4.83. The van der Waals surface area contributed by atoms with Crippen molar-refractivity contribution in [3.05, 3.63) is 89.9 Å². The minimum absolute atomic E-state index is 0.0398. The number of nitrogens with one attached hydrogen (secondary N) is 1. The Bertz CT molecular complexity index is 1470. The van der Waals surface area contributed by atoms with Gasteiger partial charge in [0.2, 0.25) is 0 Å². The zero-order valence-corrected chi connectivity index (χ0v) is 27.0. The van der Waals surface area contributed by atoms with Crippen molar-refractivity contribution in [3.63, 3.8) is 0 Å². The quantitative estimate of drug-likeness (QED) is 0.182. The largest absolute Gasteiger partial charge is 0.489 e. The van der Waals surface area contributed by atoms with Crippen molar-refractivity contribution in [1.82, 2.24) is 25.0 Å². The van der Waals surface area contributed by atoms with Crippen LogP contribution >= 0.6 is 0 Å². The molecular formula is C35H44F3N5O2. The monoisotopic (exact) mass is 623 g/mol. The Balaban J connectivity index is 0.00000133. The average molecular weight is 624 g/mol. The summed E-state index contributed by atoms with van der Waals surface area (Å²) in [5, 5.41) is 7.14. The van der Waals surface area contributed by atoms with E-state index in [0.717, 1.165) is 16.7 Å². The Labute approximate surface area is 264 Å². The second kappa shape index (κ2) is 16.8. The minimum atomic E-state index is -4.30. The van der Waals surface area contributed by atoms with Gasteiger partial charge in [-0.1, -0.05) is 77.9 Å². The zero-order chi connectivity index (χ0) is 33.0. The number of nitrogens with zero attached hydrogens (tertiary/aromatic N) is 4. The van der Waals surface area contributed by atoms with Gasteiger partial charge < -0.3 is 15.0 Å². The van der Waals surface area contributed by atoms with E-state index in [1.165, 1.54) is 5.56 Å². The molecule has 2 aromatic carbocycles. The first kappa shape index (κ1) is 35.3. The van der Waals surface area contributed by atoms with Crippen LogP contribution in [-0.2, 0) is 13.2 Å². The van der Waals surface area contributed by atoms with Gasteiger partial charge in [-0.3, -0.25) is 14.5 Å². The molecule has 4 aromatic rings. The molecule has 0 fully saturated rings. The van der Waals surface area contributed by atoms with Crippen molar-refractivity contribution in [3.8, 4) is 28.1 Å². The van der Waals surface area contributed by atoms with Crippen LogP contribution in [0.4, 0.5) is 13.2 Å². The number of hydrogen-bond acceptors (Lipinski definition) is 5. The van der Waals surface area contributed by atoms with Crippen LogP contribution in [0.15, 0.2) is 73.1 Å². The molecule has 1 amide bonds. The van der Waals surface area contributed by atoms with Gasteiger partial charge >= 0.3 is 6.18 Å². The maximum absolute atomic E-state index is 13.6. The van der Waals surface area contributed by atoms with E-state index in [2.05, 4.69) is 48.4 Å². The van der Waals surface area contributed by atoms with Crippen LogP contribution < -0.4 is 10.1 Å². The van der Waals surface area contributed by atoms with Crippen molar-refractivity contribution < 1.29 is 22.7 Å². The molecule has 45 heavy (non-hydrogen) atoms. The number of benzene rings is 2. The molecule has 0 spiro atoms. The second-order valence-corrected chi connectivity index (χ2v) is 10.3. The molecule has 1 N–H and O–H groups in total. The van der Waals surface area contributed by atoms with E-state index < -0.39 is 12.7 Å². The molecular weight excluding hydrogens is 579 g/mol. The number of alkyl halides is 3. The summed E-state index contributed by atoms with van der Waals surface area (Å²) in [7, 11) is 0. The lowest BCUT2D eigenvalue weighted by Crippen LogP contribution is -2.44. The maximum Gasteiger partial charge on any atom is 0.401 e. The van der Waals surface area contributed by atoms with Gasteiger partial charge in [0, 0.05) is 43.2 Å². The number of rotatable bonds is 10. The van der Waals surface area contributed by atoms with Crippen molar-refractivity contribution in [2.75, 3.05) is 26.2 Å². The maximum atomic E-state index is 13.6. The molecule has 10 heteroatoms. The summed E-state index contributed by atoms with van der Waals surface area (Å²) in [6.07, 6.45) is -0.962. The van der Waals surface area contributed by atoms with Gasteiger partial charge in [-0.05, 0) is 46.9 Å². The number of carbonyl (C=O) groups excluding carboxylic acids is 1. The van der Waals surface area contributed by atoms with Crippen molar-refractivity contribution in [2.45, 2.75) is 66.8 Å². The smallest absolute Gasteiger partial charge is 0.401 e. The van der Waals surface area contributed by atoms with Gasteiger partial charge in [-0.25, -0.2) is 0 Å². The number of aromatic nitrogens is 3. The molecule has 242 valence electrons. The molecule has 0 saturated heterocycles. The first-order valence-electron chi connectivity index (χ1n) is 15.6. The van der Waals surface area contributed by atoms with Crippen LogP contribution in [0.1, 0.15) is 69.1 Å². The van der Waals surface area contributed by atoms with Crippen LogP contribution in [0, 0.1) is 0 Å². The highest BCUT2D eigenvalue weighted by molar-refractivity contribution is 6.03. The summed E-state index contributed by atoms with van der Waals surface area (Å²) in [6.45, 7) is 12.7. The number of pyridine rings is 1. The van der Waals surface area contributed by atoms with Crippen LogP contribution in [0.5, 0.6) is 5.75 Å². The third kappa shape index (κ3) is 9.41. The minimum Gasteiger partial charge on any atom is -0.489 e. The number of fused-ring (bicyclic) bond motifs is 1. The fraction of sp³-hybridized carbons (Fsp3) is 0.400. The zero-order valence-electron chi connectivity index (χ0n) is 27.0. The summed E-state index contributed by atoms with van der Waals surface area (Å²) in [5.74, 6) is 0.893. The lowest BCUT2D eigenvalue weighted by Gasteiger charge is -2.28. The van der Waals surface area contributed by atoms with E-state index in [-0.39, 0.29) is 19.0 Å². The normalized spacial score (nSPS) is 12.6. The summed E-state index contributed by atoms with van der Waals surface area (Å²) in [6, 6.07) is 19.6. The van der Waals surface area contributed by atoms with E-state index in [1.54, 1.807) is 22.0 Å². The Morgan fingerprint density at radius 2 is 1.53 bits per heavy atom. The summed E-state index contributed by atoms with van der Waals surface area (Å²) >= 11 is 0. The Morgan fingerprint density at radius 1 is 0.889 bits per heavy atom. The summed E-state index contributed by atoms with van der Waals surface area (Å²) in [4.78, 5) is 19.3. The highest BCUT2D eigenvalue weighted by Crippen LogP contribution is 2.37. The number of ether oxygens (including phenoxy) is 1. The first-order chi connectivity index (χ1) is 21.7. The molecule has 0 unspecified atom stereocenters. The first-order valence-corrected chi connectivity index (χ1v) is 15.6. The van der Waals surface area contributed by atoms with E-state index in [4.69, 9.17) is 9.84 Å². The third-order valence-electron chi connectivity index (χ3n) is 7.06. The van der Waals surface area contributed by atoms with Gasteiger partial charge in [0.05, 0.1) is 13.1 Å².